The number of piperidine rings is 3. The molecule has 0 saturated carbocycles. The van der Waals surface area contributed by atoms with E-state index in [2.05, 4.69) is 31.5 Å². The molecule has 3 unspecified atom stereocenters. The average Bonchev–Trinajstić information content (AvgIpc) is 3.51. The van der Waals surface area contributed by atoms with E-state index in [0.717, 1.165) is 62.8 Å². The van der Waals surface area contributed by atoms with Gasteiger partial charge in [-0.25, -0.2) is 4.39 Å². The van der Waals surface area contributed by atoms with E-state index in [9.17, 15) is 24.4 Å². The van der Waals surface area contributed by atoms with Gasteiger partial charge in [0.05, 0.1) is 70.1 Å². The highest BCUT2D eigenvalue weighted by atomic mass is 35.5. The molecule has 2 N–H and O–H groups in total. The number of hydrogen-bond acceptors (Lipinski definition) is 13. The number of methoxy groups -OCH3 is 2. The molecule has 3 atom stereocenters. The minimum absolute atomic E-state index is 0.0178. The van der Waals surface area contributed by atoms with Crippen LogP contribution in [0.1, 0.15) is 64.8 Å². The number of pyridine rings is 1. The smallest absolute Gasteiger partial charge is 0.262 e. The summed E-state index contributed by atoms with van der Waals surface area (Å²) < 4.78 is 32.9. The number of carbonyl (C=O) groups excluding carboxylic acids is 4. The van der Waals surface area contributed by atoms with Crippen LogP contribution < -0.4 is 29.7 Å². The van der Waals surface area contributed by atoms with E-state index in [1.807, 2.05) is 11.0 Å². The molecule has 0 radical (unpaired) electrons. The fraction of sp³-hybridized carbons (Fsp3) is 0.422. The summed E-state index contributed by atoms with van der Waals surface area (Å²) in [7, 11) is 3.08. The zero-order valence-electron chi connectivity index (χ0n) is 34.7. The number of nitrogens with one attached hydrogen (secondary N) is 2. The second-order valence-electron chi connectivity index (χ2n) is 16.7. The number of halogens is 3. The number of anilines is 3. The first-order valence-corrected chi connectivity index (χ1v) is 21.8. The Morgan fingerprint density at radius 3 is 2.35 bits per heavy atom. The molecule has 63 heavy (non-hydrogen) atoms. The van der Waals surface area contributed by atoms with Gasteiger partial charge >= 0.3 is 0 Å². The Hall–Kier alpha value is -5.73. The van der Waals surface area contributed by atoms with Gasteiger partial charge in [-0.3, -0.25) is 39.3 Å². The first-order chi connectivity index (χ1) is 30.4. The Morgan fingerprint density at radius 1 is 0.921 bits per heavy atom. The minimum Gasteiger partial charge on any atom is -0.495 e. The van der Waals surface area contributed by atoms with Crippen molar-refractivity contribution in [3.05, 3.63) is 75.1 Å². The fourth-order valence-electron chi connectivity index (χ4n) is 9.67. The summed E-state index contributed by atoms with van der Waals surface area (Å²) in [5.41, 5.74) is 2.26. The largest absolute Gasteiger partial charge is 0.495 e. The van der Waals surface area contributed by atoms with Crippen molar-refractivity contribution < 1.29 is 37.8 Å². The number of carbonyl (C=O) groups is 4. The molecular weight excluding hydrogens is 854 g/mol. The number of benzene rings is 3. The minimum atomic E-state index is -1.10. The molecule has 5 fully saturated rings. The van der Waals surface area contributed by atoms with Crippen LogP contribution in [0.4, 0.5) is 21.5 Å². The molecule has 2 bridgehead atoms. The van der Waals surface area contributed by atoms with Crippen molar-refractivity contribution in [3.63, 3.8) is 0 Å². The SMILES string of the molecule is COc1cc(Nc2c(C#N)cnc3cc(OCCCN4CCC(CN5C6CC5CN(c5cc7c(cc5F)C(=O)N(C5CCC(=O)NC5=O)C7=O)C6)CC4)c(OC)cc23)c(Cl)cc1Cl. The van der Waals surface area contributed by atoms with Crippen molar-refractivity contribution in [2.24, 2.45) is 5.92 Å². The van der Waals surface area contributed by atoms with Gasteiger partial charge in [0.15, 0.2) is 11.5 Å². The van der Waals surface area contributed by atoms with Gasteiger partial charge in [-0.05, 0) is 75.4 Å². The van der Waals surface area contributed by atoms with E-state index in [1.54, 1.807) is 25.3 Å². The van der Waals surface area contributed by atoms with Gasteiger partial charge < -0.3 is 29.3 Å². The maximum Gasteiger partial charge on any atom is 0.262 e. The lowest BCUT2D eigenvalue weighted by Crippen LogP contribution is -2.69. The van der Waals surface area contributed by atoms with Gasteiger partial charge in [0.2, 0.25) is 11.8 Å². The molecule has 15 nitrogen and oxygen atoms in total. The third kappa shape index (κ3) is 8.07. The molecule has 6 aliphatic rings. The van der Waals surface area contributed by atoms with E-state index in [4.69, 9.17) is 37.4 Å². The Morgan fingerprint density at radius 2 is 1.65 bits per heavy atom. The first kappa shape index (κ1) is 42.6. The van der Waals surface area contributed by atoms with Gasteiger partial charge in [0, 0.05) is 68.4 Å². The van der Waals surface area contributed by atoms with E-state index in [0.29, 0.717) is 86.4 Å². The first-order valence-electron chi connectivity index (χ1n) is 21.1. The number of aromatic nitrogens is 1. The summed E-state index contributed by atoms with van der Waals surface area (Å²) in [5.74, 6) is -1.03. The van der Waals surface area contributed by atoms with Crippen LogP contribution in [0.5, 0.6) is 17.2 Å². The Labute approximate surface area is 372 Å². The zero-order valence-corrected chi connectivity index (χ0v) is 36.2. The zero-order chi connectivity index (χ0) is 44.1. The van der Waals surface area contributed by atoms with Crippen LogP contribution in [0.3, 0.4) is 0 Å². The van der Waals surface area contributed by atoms with Crippen molar-refractivity contribution >= 4 is 74.8 Å². The van der Waals surface area contributed by atoms with E-state index in [1.165, 1.54) is 19.4 Å². The summed E-state index contributed by atoms with van der Waals surface area (Å²) in [4.78, 5) is 63.1. The maximum atomic E-state index is 15.6. The molecule has 3 aromatic carbocycles. The average molecular weight is 900 g/mol. The maximum absolute atomic E-state index is 15.6. The number of ether oxygens (including phenoxy) is 3. The van der Waals surface area contributed by atoms with Crippen molar-refractivity contribution in [2.75, 3.05) is 70.3 Å². The Bertz CT molecular complexity index is 2570. The van der Waals surface area contributed by atoms with Crippen LogP contribution in [-0.4, -0.2) is 122 Å². The molecular formula is C45H45Cl2FN8O7. The number of fused-ring (bicyclic) bond motifs is 4. The molecule has 6 aliphatic heterocycles. The summed E-state index contributed by atoms with van der Waals surface area (Å²) >= 11 is 12.7. The molecule has 1 aromatic heterocycles. The predicted molar refractivity (Wildman–Crippen MR) is 233 cm³/mol. The lowest BCUT2D eigenvalue weighted by atomic mass is 9.84. The normalized spacial score (nSPS) is 21.6. The number of likely N-dealkylation sites (tertiary alicyclic amines) is 1. The van der Waals surface area contributed by atoms with Crippen molar-refractivity contribution in [2.45, 2.75) is 56.7 Å². The lowest BCUT2D eigenvalue weighted by Gasteiger charge is -2.58. The van der Waals surface area contributed by atoms with Gasteiger partial charge in [-0.1, -0.05) is 23.2 Å². The fourth-order valence-corrected chi connectivity index (χ4v) is 10.2. The van der Waals surface area contributed by atoms with Gasteiger partial charge in [-0.15, -0.1) is 0 Å². The van der Waals surface area contributed by atoms with E-state index < -0.39 is 35.5 Å². The number of nitriles is 1. The number of nitrogens with zero attached hydrogens (tertiary/aromatic N) is 6. The standard InChI is InChI=1S/C45H45Cl2FN8O7/c1-61-38-18-35(31(46)16-32(38)47)51-42-25(19-49)20-50-34-17-40(39(62-2)15-30(34)42)63-11-3-8-53-9-6-24(7-10-53)21-55-26-12-27(55)23-54(22-26)37-14-29-28(13-33(37)48)44(59)56(45(29)60)36-4-5-41(57)52-43(36)58/h13-18,20,24,26-27,36H,3-12,21-23H2,1-2H3,(H,50,51)(H,52,57,58). The highest BCUT2D eigenvalue weighted by Crippen LogP contribution is 2.42. The molecule has 4 aromatic rings. The summed E-state index contributed by atoms with van der Waals surface area (Å²) in [6.45, 7) is 5.58. The van der Waals surface area contributed by atoms with Crippen LogP contribution in [0.2, 0.25) is 10.0 Å². The number of piperazine rings is 1. The van der Waals surface area contributed by atoms with Crippen LogP contribution in [-0.2, 0) is 9.59 Å². The molecule has 18 heteroatoms. The summed E-state index contributed by atoms with van der Waals surface area (Å²) in [6, 6.07) is 11.1. The highest BCUT2D eigenvalue weighted by molar-refractivity contribution is 6.37. The van der Waals surface area contributed by atoms with Crippen LogP contribution in [0.25, 0.3) is 10.9 Å². The van der Waals surface area contributed by atoms with Crippen molar-refractivity contribution in [1.82, 2.24) is 25.0 Å². The summed E-state index contributed by atoms with van der Waals surface area (Å²) in [5, 5.41) is 16.7. The lowest BCUT2D eigenvalue weighted by molar-refractivity contribution is -0.136. The van der Waals surface area contributed by atoms with Crippen molar-refractivity contribution in [1.29, 1.82) is 5.26 Å². The van der Waals surface area contributed by atoms with Gasteiger partial charge in [-0.2, -0.15) is 5.26 Å². The number of imide groups is 2. The topological polar surface area (TPSA) is 170 Å². The quantitative estimate of drug-likeness (QED) is 0.116. The Kier molecular flexibility index (Phi) is 11.8. The second-order valence-corrected chi connectivity index (χ2v) is 17.5. The molecule has 5 saturated heterocycles. The molecule has 10 rings (SSSR count). The van der Waals surface area contributed by atoms with E-state index in [-0.39, 0.29) is 36.1 Å². The molecule has 0 spiro atoms. The monoisotopic (exact) mass is 898 g/mol. The van der Waals surface area contributed by atoms with Crippen LogP contribution >= 0.6 is 23.2 Å². The third-order valence-corrected chi connectivity index (χ3v) is 13.6. The van der Waals surface area contributed by atoms with E-state index >= 15 is 4.39 Å². The molecule has 7 heterocycles. The molecule has 328 valence electrons. The number of rotatable bonds is 13. The predicted octanol–water partition coefficient (Wildman–Crippen LogP) is 6.16. The molecule has 4 amide bonds. The van der Waals surface area contributed by atoms with Crippen LogP contribution in [0.15, 0.2) is 42.6 Å². The Balaban J connectivity index is 0.753. The third-order valence-electron chi connectivity index (χ3n) is 13.0. The van der Waals surface area contributed by atoms with Gasteiger partial charge in [0.25, 0.3) is 11.8 Å². The molecule has 0 aliphatic carbocycles. The van der Waals surface area contributed by atoms with Crippen LogP contribution in [0, 0.1) is 23.1 Å². The number of amides is 4. The highest BCUT2D eigenvalue weighted by Gasteiger charge is 2.48. The number of hydrogen-bond donors (Lipinski definition) is 2. The second kappa shape index (κ2) is 17.4. The van der Waals surface area contributed by atoms with Gasteiger partial charge in [0.1, 0.15) is 23.7 Å². The summed E-state index contributed by atoms with van der Waals surface area (Å²) in [6.07, 6.45) is 5.58. The van der Waals surface area contributed by atoms with Crippen molar-refractivity contribution in [3.8, 4) is 23.3 Å².